The van der Waals surface area contributed by atoms with Crippen LogP contribution in [0.2, 0.25) is 0 Å². The molecule has 0 fully saturated rings. The maximum absolute atomic E-state index is 9.68. The molecule has 0 saturated carbocycles. The van der Waals surface area contributed by atoms with E-state index in [1.807, 2.05) is 13.8 Å². The minimum Gasteiger partial charge on any atom is -0.357 e. The fourth-order valence-corrected chi connectivity index (χ4v) is 0.305. The van der Waals surface area contributed by atoms with E-state index in [0.717, 1.165) is 0 Å². The molecule has 0 bridgehead atoms. The normalized spacial score (nSPS) is 10.9. The summed E-state index contributed by atoms with van der Waals surface area (Å²) in [4.78, 5) is 9.68. The molecule has 48 valence electrons. The molecular formula is C5H12N2O. The van der Waals surface area contributed by atoms with Crippen molar-refractivity contribution in [2.45, 2.75) is 19.4 Å². The second-order valence-corrected chi connectivity index (χ2v) is 2.49. The zero-order valence-corrected chi connectivity index (χ0v) is 5.27. The summed E-state index contributed by atoms with van der Waals surface area (Å²) in [5.41, 5.74) is 5.21. The number of carbonyl (C=O) groups is 1. The summed E-state index contributed by atoms with van der Waals surface area (Å²) in [6, 6.07) is 0. The number of nitrogens with one attached hydrogen (secondary N) is 1. The highest BCUT2D eigenvalue weighted by molar-refractivity contribution is 5.46. The molecule has 0 heterocycles. The molecule has 0 aromatic heterocycles. The Morgan fingerprint density at radius 2 is 2.25 bits per heavy atom. The van der Waals surface area contributed by atoms with Gasteiger partial charge in [0.15, 0.2) is 0 Å². The Labute approximate surface area is 49.3 Å². The molecule has 1 amide bonds. The summed E-state index contributed by atoms with van der Waals surface area (Å²) in [5.74, 6) is 0. The van der Waals surface area contributed by atoms with Gasteiger partial charge in [-0.25, -0.2) is 0 Å². The van der Waals surface area contributed by atoms with Crippen molar-refractivity contribution in [3.05, 3.63) is 0 Å². The van der Waals surface area contributed by atoms with E-state index in [2.05, 4.69) is 5.32 Å². The first-order valence-corrected chi connectivity index (χ1v) is 2.52. The zero-order chi connectivity index (χ0) is 6.62. The van der Waals surface area contributed by atoms with Gasteiger partial charge in [0.1, 0.15) is 0 Å². The van der Waals surface area contributed by atoms with Crippen LogP contribution in [-0.4, -0.2) is 18.5 Å². The molecule has 3 N–H and O–H groups in total. The van der Waals surface area contributed by atoms with Crippen LogP contribution in [0, 0.1) is 0 Å². The summed E-state index contributed by atoms with van der Waals surface area (Å²) in [6.45, 7) is 4.23. The third-order valence-electron chi connectivity index (χ3n) is 0.641. The molecule has 0 unspecified atom stereocenters. The van der Waals surface area contributed by atoms with Crippen molar-refractivity contribution in [1.82, 2.24) is 5.32 Å². The molecule has 0 aliphatic carbocycles. The Morgan fingerprint density at radius 3 is 2.38 bits per heavy atom. The van der Waals surface area contributed by atoms with Crippen LogP contribution < -0.4 is 11.1 Å². The average molecular weight is 116 g/mol. The van der Waals surface area contributed by atoms with E-state index >= 15 is 0 Å². The van der Waals surface area contributed by atoms with E-state index in [-0.39, 0.29) is 5.54 Å². The predicted molar refractivity (Wildman–Crippen MR) is 32.3 cm³/mol. The molecule has 0 radical (unpaired) electrons. The van der Waals surface area contributed by atoms with E-state index in [4.69, 9.17) is 5.73 Å². The number of nitrogens with two attached hydrogens (primary N) is 1. The molecule has 0 aromatic rings. The SMILES string of the molecule is CC(C)(N)CNC=O. The number of hydrogen-bond acceptors (Lipinski definition) is 2. The van der Waals surface area contributed by atoms with E-state index < -0.39 is 0 Å². The predicted octanol–water partition coefficient (Wildman–Crippen LogP) is -0.530. The van der Waals surface area contributed by atoms with Gasteiger partial charge in [0.2, 0.25) is 6.41 Å². The lowest BCUT2D eigenvalue weighted by Gasteiger charge is -2.16. The summed E-state index contributed by atoms with van der Waals surface area (Å²) in [5, 5.41) is 2.48. The quantitative estimate of drug-likeness (QED) is 0.487. The summed E-state index contributed by atoms with van der Waals surface area (Å²) in [7, 11) is 0. The summed E-state index contributed by atoms with van der Waals surface area (Å²) < 4.78 is 0. The second-order valence-electron chi connectivity index (χ2n) is 2.49. The van der Waals surface area contributed by atoms with Gasteiger partial charge >= 0.3 is 0 Å². The van der Waals surface area contributed by atoms with Crippen LogP contribution in [0.3, 0.4) is 0 Å². The van der Waals surface area contributed by atoms with Gasteiger partial charge in [-0.2, -0.15) is 0 Å². The third-order valence-corrected chi connectivity index (χ3v) is 0.641. The lowest BCUT2D eigenvalue weighted by molar-refractivity contribution is -0.109. The molecule has 3 heteroatoms. The molecular weight excluding hydrogens is 104 g/mol. The van der Waals surface area contributed by atoms with E-state index in [9.17, 15) is 4.79 Å². The largest absolute Gasteiger partial charge is 0.357 e. The van der Waals surface area contributed by atoms with Gasteiger partial charge in [-0.3, -0.25) is 4.79 Å². The zero-order valence-electron chi connectivity index (χ0n) is 5.27. The van der Waals surface area contributed by atoms with E-state index in [1.165, 1.54) is 0 Å². The Morgan fingerprint density at radius 1 is 1.75 bits per heavy atom. The van der Waals surface area contributed by atoms with E-state index in [0.29, 0.717) is 13.0 Å². The van der Waals surface area contributed by atoms with Gasteiger partial charge < -0.3 is 11.1 Å². The molecule has 0 aromatic carbocycles. The molecule has 3 nitrogen and oxygen atoms in total. The maximum Gasteiger partial charge on any atom is 0.207 e. The first-order chi connectivity index (χ1) is 3.56. The Bertz CT molecular complexity index is 75.0. The van der Waals surface area contributed by atoms with Crippen molar-refractivity contribution in [3.63, 3.8) is 0 Å². The second kappa shape index (κ2) is 2.67. The highest BCUT2D eigenvalue weighted by Crippen LogP contribution is 1.90. The van der Waals surface area contributed by atoms with Crippen molar-refractivity contribution in [1.29, 1.82) is 0 Å². The molecule has 8 heavy (non-hydrogen) atoms. The fourth-order valence-electron chi connectivity index (χ4n) is 0.305. The minimum absolute atomic E-state index is 0.291. The van der Waals surface area contributed by atoms with Crippen LogP contribution in [-0.2, 0) is 4.79 Å². The van der Waals surface area contributed by atoms with Crippen LogP contribution in [0.25, 0.3) is 0 Å². The molecule has 0 rings (SSSR count). The first kappa shape index (κ1) is 7.43. The minimum atomic E-state index is -0.291. The van der Waals surface area contributed by atoms with Gasteiger partial charge in [-0.15, -0.1) is 0 Å². The smallest absolute Gasteiger partial charge is 0.207 e. The van der Waals surface area contributed by atoms with Crippen molar-refractivity contribution in [2.75, 3.05) is 6.54 Å². The maximum atomic E-state index is 9.68. The van der Waals surface area contributed by atoms with Gasteiger partial charge in [-0.1, -0.05) is 0 Å². The number of hydrogen-bond donors (Lipinski definition) is 2. The van der Waals surface area contributed by atoms with Crippen LogP contribution in [0.4, 0.5) is 0 Å². The summed E-state index contributed by atoms with van der Waals surface area (Å²) in [6.07, 6.45) is 0.647. The standard InChI is InChI=1S/C5H12N2O/c1-5(2,6)3-7-4-8/h4H,3,6H2,1-2H3,(H,7,8). The van der Waals surface area contributed by atoms with Crippen LogP contribution in [0.15, 0.2) is 0 Å². The first-order valence-electron chi connectivity index (χ1n) is 2.52. The van der Waals surface area contributed by atoms with Gasteiger partial charge in [-0.05, 0) is 13.8 Å². The number of carbonyl (C=O) groups excluding carboxylic acids is 1. The van der Waals surface area contributed by atoms with Gasteiger partial charge in [0.25, 0.3) is 0 Å². The van der Waals surface area contributed by atoms with Crippen molar-refractivity contribution >= 4 is 6.41 Å². The third kappa shape index (κ3) is 5.43. The Hall–Kier alpha value is -0.570. The van der Waals surface area contributed by atoms with Crippen molar-refractivity contribution in [3.8, 4) is 0 Å². The van der Waals surface area contributed by atoms with Crippen molar-refractivity contribution < 1.29 is 4.79 Å². The number of rotatable bonds is 3. The van der Waals surface area contributed by atoms with Gasteiger partial charge in [0, 0.05) is 12.1 Å². The highest BCUT2D eigenvalue weighted by atomic mass is 16.1. The molecule has 0 saturated heterocycles. The molecule has 0 aliphatic heterocycles. The highest BCUT2D eigenvalue weighted by Gasteiger charge is 2.07. The van der Waals surface area contributed by atoms with Crippen LogP contribution in [0.5, 0.6) is 0 Å². The molecule has 0 atom stereocenters. The monoisotopic (exact) mass is 116 g/mol. The fraction of sp³-hybridized carbons (Fsp3) is 0.800. The number of amides is 1. The van der Waals surface area contributed by atoms with Crippen LogP contribution in [0.1, 0.15) is 13.8 Å². The van der Waals surface area contributed by atoms with Crippen molar-refractivity contribution in [2.24, 2.45) is 5.73 Å². The molecule has 0 aliphatic rings. The van der Waals surface area contributed by atoms with Gasteiger partial charge in [0.05, 0.1) is 0 Å². The van der Waals surface area contributed by atoms with E-state index in [1.54, 1.807) is 0 Å². The lowest BCUT2D eigenvalue weighted by atomic mass is 10.1. The molecule has 0 spiro atoms. The Kier molecular flexibility index (Phi) is 2.48. The Balaban J connectivity index is 3.24. The topological polar surface area (TPSA) is 55.1 Å². The average Bonchev–Trinajstić information content (AvgIpc) is 1.59. The lowest BCUT2D eigenvalue weighted by Crippen LogP contribution is -2.42. The summed E-state index contributed by atoms with van der Waals surface area (Å²) >= 11 is 0. The van der Waals surface area contributed by atoms with Crippen LogP contribution >= 0.6 is 0 Å².